The van der Waals surface area contributed by atoms with Crippen LogP contribution in [0, 0.1) is 0 Å². The maximum Gasteiger partial charge on any atom is 0.289 e. The molecule has 2 rings (SSSR count). The van der Waals surface area contributed by atoms with Crippen molar-refractivity contribution >= 4 is 23.7 Å². The van der Waals surface area contributed by atoms with Gasteiger partial charge in [0.05, 0.1) is 6.04 Å². The molecular formula is C16H22ClN5O2. The summed E-state index contributed by atoms with van der Waals surface area (Å²) in [6.45, 7) is 4.24. The lowest BCUT2D eigenvalue weighted by molar-refractivity contribution is -0.133. The average molecular weight is 352 g/mol. The summed E-state index contributed by atoms with van der Waals surface area (Å²) in [6, 6.07) is -0.286. The number of hydrogen-bond acceptors (Lipinski definition) is 5. The van der Waals surface area contributed by atoms with Crippen LogP contribution in [0.1, 0.15) is 45.0 Å². The number of hydrogen-bond donors (Lipinski definition) is 1. The van der Waals surface area contributed by atoms with Gasteiger partial charge in [-0.2, -0.15) is 0 Å². The fourth-order valence-corrected chi connectivity index (χ4v) is 2.60. The van der Waals surface area contributed by atoms with Gasteiger partial charge in [0.2, 0.25) is 0 Å². The quantitative estimate of drug-likeness (QED) is 0.381. The van der Waals surface area contributed by atoms with Crippen molar-refractivity contribution < 1.29 is 9.90 Å². The molecule has 2 heterocycles. The maximum absolute atomic E-state index is 12.6. The molecule has 1 aromatic rings. The highest BCUT2D eigenvalue weighted by Crippen LogP contribution is 2.29. The number of aliphatic hydroxyl groups excluding tert-OH is 1. The first kappa shape index (κ1) is 18.2. The highest BCUT2D eigenvalue weighted by molar-refractivity contribution is 6.19. The molecule has 1 N–H and O–H groups in total. The number of tetrazole rings is 1. The predicted octanol–water partition coefficient (Wildman–Crippen LogP) is 2.84. The summed E-state index contributed by atoms with van der Waals surface area (Å²) >= 11 is 5.59. The number of carbonyl (C=O) groups is 1. The molecule has 0 aromatic carbocycles. The summed E-state index contributed by atoms with van der Waals surface area (Å²) < 4.78 is 0. The standard InChI is InChI=1S/C16H22ClN5O2/c1-3-12(2)11-14(23)16(24)21-9-5-4-7-13(21)15-18-20-22(19-15)10-6-8-17/h3,6,10-11,13,23H,4-5,7-9H2,1-2H3/b10-6+,12-3-,14-11-. The van der Waals surface area contributed by atoms with Crippen LogP contribution in [0.5, 0.6) is 0 Å². The Morgan fingerprint density at radius 3 is 2.96 bits per heavy atom. The molecule has 0 bridgehead atoms. The van der Waals surface area contributed by atoms with Crippen LogP contribution in [0.3, 0.4) is 0 Å². The molecule has 1 aliphatic heterocycles. The summed E-state index contributed by atoms with van der Waals surface area (Å²) in [6.07, 6.45) is 9.22. The van der Waals surface area contributed by atoms with Gasteiger partial charge in [-0.05, 0) is 50.5 Å². The number of halogens is 1. The van der Waals surface area contributed by atoms with E-state index in [0.717, 1.165) is 24.8 Å². The zero-order valence-corrected chi connectivity index (χ0v) is 14.6. The van der Waals surface area contributed by atoms with Crippen LogP contribution < -0.4 is 0 Å². The van der Waals surface area contributed by atoms with E-state index < -0.39 is 5.91 Å². The molecule has 8 heteroatoms. The van der Waals surface area contributed by atoms with E-state index in [-0.39, 0.29) is 11.8 Å². The molecule has 1 fully saturated rings. The van der Waals surface area contributed by atoms with E-state index in [1.807, 2.05) is 19.9 Å². The van der Waals surface area contributed by atoms with E-state index in [4.69, 9.17) is 11.6 Å². The Hall–Kier alpha value is -2.15. The van der Waals surface area contributed by atoms with Gasteiger partial charge in [0.1, 0.15) is 0 Å². The Balaban J connectivity index is 2.21. The van der Waals surface area contributed by atoms with Gasteiger partial charge in [-0.3, -0.25) is 4.79 Å². The zero-order valence-electron chi connectivity index (χ0n) is 13.9. The molecule has 1 unspecified atom stereocenters. The Kier molecular flexibility index (Phi) is 6.54. The minimum Gasteiger partial charge on any atom is -0.503 e. The van der Waals surface area contributed by atoms with Crippen molar-refractivity contribution in [2.45, 2.75) is 39.2 Å². The minimum atomic E-state index is -0.409. The number of alkyl halides is 1. The number of amides is 1. The first-order valence-electron chi connectivity index (χ1n) is 7.93. The fraction of sp³-hybridized carbons (Fsp3) is 0.500. The second-order valence-electron chi connectivity index (χ2n) is 5.58. The van der Waals surface area contributed by atoms with E-state index in [0.29, 0.717) is 18.2 Å². The SMILES string of the molecule is C/C=C(C)\C=C(/O)C(=O)N1CCCCC1c1nnn(/C=C/CCl)n1. The molecule has 0 aliphatic carbocycles. The van der Waals surface area contributed by atoms with Crippen molar-refractivity contribution in [3.63, 3.8) is 0 Å². The second-order valence-corrected chi connectivity index (χ2v) is 5.89. The highest BCUT2D eigenvalue weighted by Gasteiger charge is 2.32. The van der Waals surface area contributed by atoms with Crippen LogP contribution in [-0.4, -0.2) is 48.5 Å². The van der Waals surface area contributed by atoms with Gasteiger partial charge in [-0.25, -0.2) is 0 Å². The summed E-state index contributed by atoms with van der Waals surface area (Å²) in [7, 11) is 0. The smallest absolute Gasteiger partial charge is 0.289 e. The molecule has 7 nitrogen and oxygen atoms in total. The first-order chi connectivity index (χ1) is 11.6. The third-order valence-electron chi connectivity index (χ3n) is 3.87. The largest absolute Gasteiger partial charge is 0.503 e. The van der Waals surface area contributed by atoms with E-state index in [1.165, 1.54) is 10.9 Å². The normalized spacial score (nSPS) is 20.0. The average Bonchev–Trinajstić information content (AvgIpc) is 3.07. The minimum absolute atomic E-state index is 0.271. The Labute approximate surface area is 146 Å². The number of aromatic nitrogens is 4. The van der Waals surface area contributed by atoms with E-state index >= 15 is 0 Å². The lowest BCUT2D eigenvalue weighted by Gasteiger charge is -2.33. The van der Waals surface area contributed by atoms with Gasteiger partial charge >= 0.3 is 0 Å². The number of nitrogens with zero attached hydrogens (tertiary/aromatic N) is 5. The van der Waals surface area contributed by atoms with Crippen molar-refractivity contribution in [2.24, 2.45) is 0 Å². The molecule has 24 heavy (non-hydrogen) atoms. The van der Waals surface area contributed by atoms with Gasteiger partial charge in [0.25, 0.3) is 5.91 Å². The topological polar surface area (TPSA) is 84.1 Å². The number of aliphatic hydroxyl groups is 1. The lowest BCUT2D eigenvalue weighted by atomic mass is 10.0. The number of piperidine rings is 1. The van der Waals surface area contributed by atoms with Crippen LogP contribution in [0.4, 0.5) is 0 Å². The molecule has 1 atom stereocenters. The van der Waals surface area contributed by atoms with Crippen LogP contribution in [0.25, 0.3) is 6.20 Å². The molecule has 1 amide bonds. The lowest BCUT2D eigenvalue weighted by Crippen LogP contribution is -2.39. The van der Waals surface area contributed by atoms with Crippen molar-refractivity contribution in [1.82, 2.24) is 25.1 Å². The van der Waals surface area contributed by atoms with Crippen molar-refractivity contribution in [2.75, 3.05) is 12.4 Å². The second kappa shape index (κ2) is 8.63. The first-order valence-corrected chi connectivity index (χ1v) is 8.46. The molecule has 1 aromatic heterocycles. The third kappa shape index (κ3) is 4.44. The Morgan fingerprint density at radius 2 is 2.25 bits per heavy atom. The van der Waals surface area contributed by atoms with Crippen molar-refractivity contribution in [3.8, 4) is 0 Å². The van der Waals surface area contributed by atoms with Crippen LogP contribution >= 0.6 is 11.6 Å². The molecule has 130 valence electrons. The summed E-state index contributed by atoms with van der Waals surface area (Å²) in [4.78, 5) is 15.5. The van der Waals surface area contributed by atoms with Crippen LogP contribution in [-0.2, 0) is 4.79 Å². The van der Waals surface area contributed by atoms with Crippen LogP contribution in [0.2, 0.25) is 0 Å². The summed E-state index contributed by atoms with van der Waals surface area (Å²) in [5.41, 5.74) is 0.824. The molecule has 1 aliphatic rings. The molecule has 0 spiro atoms. The van der Waals surface area contributed by atoms with Gasteiger partial charge in [0, 0.05) is 18.6 Å². The van der Waals surface area contributed by atoms with Gasteiger partial charge in [-0.1, -0.05) is 11.6 Å². The number of allylic oxidation sites excluding steroid dienone is 4. The molecule has 0 saturated carbocycles. The highest BCUT2D eigenvalue weighted by atomic mass is 35.5. The monoisotopic (exact) mass is 351 g/mol. The van der Waals surface area contributed by atoms with E-state index in [2.05, 4.69) is 15.4 Å². The van der Waals surface area contributed by atoms with Crippen molar-refractivity contribution in [1.29, 1.82) is 0 Å². The number of rotatable bonds is 5. The number of likely N-dealkylation sites (tertiary alicyclic amines) is 1. The van der Waals surface area contributed by atoms with Gasteiger partial charge in [0.15, 0.2) is 11.6 Å². The van der Waals surface area contributed by atoms with E-state index in [1.54, 1.807) is 17.2 Å². The van der Waals surface area contributed by atoms with Crippen LogP contribution in [0.15, 0.2) is 29.6 Å². The number of carbonyl (C=O) groups excluding carboxylic acids is 1. The third-order valence-corrected chi connectivity index (χ3v) is 4.05. The maximum atomic E-state index is 12.6. The summed E-state index contributed by atoms with van der Waals surface area (Å²) in [5, 5.41) is 22.4. The zero-order chi connectivity index (χ0) is 17.5. The van der Waals surface area contributed by atoms with Gasteiger partial charge < -0.3 is 10.0 Å². The Morgan fingerprint density at radius 1 is 1.46 bits per heavy atom. The molecule has 0 radical (unpaired) electrons. The van der Waals surface area contributed by atoms with Crippen molar-refractivity contribution in [3.05, 3.63) is 35.4 Å². The molecular weight excluding hydrogens is 330 g/mol. The predicted molar refractivity (Wildman–Crippen MR) is 92.3 cm³/mol. The van der Waals surface area contributed by atoms with Gasteiger partial charge in [-0.15, -0.1) is 26.6 Å². The summed E-state index contributed by atoms with van der Waals surface area (Å²) in [5.74, 6) is 0.145. The molecule has 1 saturated heterocycles. The van der Waals surface area contributed by atoms with E-state index in [9.17, 15) is 9.90 Å². The fourth-order valence-electron chi connectivity index (χ4n) is 2.52. The Bertz CT molecular complexity index is 665.